The highest BCUT2D eigenvalue weighted by atomic mass is 35.5. The van der Waals surface area contributed by atoms with Crippen molar-refractivity contribution in [1.29, 1.82) is 0 Å². The second kappa shape index (κ2) is 6.89. The zero-order chi connectivity index (χ0) is 13.7. The highest BCUT2D eigenvalue weighted by Crippen LogP contribution is 2.22. The molecule has 0 unspecified atom stereocenters. The predicted molar refractivity (Wildman–Crippen MR) is 80.0 cm³/mol. The molecule has 0 atom stereocenters. The molecule has 1 N–H and O–H groups in total. The molecule has 3 nitrogen and oxygen atoms in total. The molecule has 2 aromatic rings. The van der Waals surface area contributed by atoms with E-state index in [0.29, 0.717) is 6.61 Å². The van der Waals surface area contributed by atoms with Gasteiger partial charge in [-0.2, -0.15) is 0 Å². The molecule has 0 spiro atoms. The molecule has 0 bridgehead atoms. The van der Waals surface area contributed by atoms with E-state index in [1.807, 2.05) is 25.1 Å². The van der Waals surface area contributed by atoms with Crippen LogP contribution in [0.3, 0.4) is 0 Å². The lowest BCUT2D eigenvalue weighted by Crippen LogP contribution is -2.12. The van der Waals surface area contributed by atoms with E-state index in [1.165, 1.54) is 0 Å². The fourth-order valence-corrected chi connectivity index (χ4v) is 2.42. The lowest BCUT2D eigenvalue weighted by atomic mass is 10.2. The second-order valence-corrected chi connectivity index (χ2v) is 5.56. The first-order valence-corrected chi connectivity index (χ1v) is 7.47. The van der Waals surface area contributed by atoms with Crippen molar-refractivity contribution >= 4 is 22.9 Å². The molecule has 2 rings (SSSR count). The number of hydrogen-bond acceptors (Lipinski definition) is 4. The molecule has 1 aromatic carbocycles. The van der Waals surface area contributed by atoms with E-state index in [1.54, 1.807) is 11.3 Å². The fraction of sp³-hybridized carbons (Fsp3) is 0.357. The molecule has 0 amide bonds. The van der Waals surface area contributed by atoms with Gasteiger partial charge in [0.15, 0.2) is 0 Å². The van der Waals surface area contributed by atoms with Crippen LogP contribution in [0.4, 0.5) is 0 Å². The molecular formula is C14H17ClN2OS. The van der Waals surface area contributed by atoms with Crippen molar-refractivity contribution in [2.24, 2.45) is 0 Å². The van der Waals surface area contributed by atoms with Gasteiger partial charge in [-0.3, -0.25) is 0 Å². The Balaban J connectivity index is 1.91. The number of nitrogens with one attached hydrogen (secondary N) is 1. The zero-order valence-corrected chi connectivity index (χ0v) is 12.6. The number of rotatable bonds is 6. The van der Waals surface area contributed by atoms with Gasteiger partial charge in [0.25, 0.3) is 0 Å². The minimum Gasteiger partial charge on any atom is -0.486 e. The molecule has 0 saturated carbocycles. The number of benzene rings is 1. The van der Waals surface area contributed by atoms with Gasteiger partial charge in [0.2, 0.25) is 0 Å². The van der Waals surface area contributed by atoms with Crippen molar-refractivity contribution in [3.63, 3.8) is 0 Å². The molecule has 0 fully saturated rings. The molecule has 19 heavy (non-hydrogen) atoms. The smallest absolute Gasteiger partial charge is 0.140 e. The normalized spacial score (nSPS) is 10.7. The molecule has 5 heteroatoms. The molecule has 0 saturated heterocycles. The molecular weight excluding hydrogens is 280 g/mol. The lowest BCUT2D eigenvalue weighted by Gasteiger charge is -2.05. The summed E-state index contributed by atoms with van der Waals surface area (Å²) >= 11 is 7.60. The number of hydrogen-bond donors (Lipinski definition) is 1. The van der Waals surface area contributed by atoms with Crippen molar-refractivity contribution in [2.75, 3.05) is 6.54 Å². The lowest BCUT2D eigenvalue weighted by molar-refractivity contribution is 0.305. The van der Waals surface area contributed by atoms with Crippen LogP contribution in [0.2, 0.25) is 5.02 Å². The van der Waals surface area contributed by atoms with Crippen molar-refractivity contribution < 1.29 is 4.74 Å². The Morgan fingerprint density at radius 2 is 2.26 bits per heavy atom. The van der Waals surface area contributed by atoms with E-state index in [2.05, 4.69) is 22.6 Å². The van der Waals surface area contributed by atoms with E-state index in [-0.39, 0.29) is 0 Å². The third kappa shape index (κ3) is 4.20. The molecule has 0 aliphatic heterocycles. The molecule has 1 heterocycles. The maximum absolute atomic E-state index is 5.98. The second-order valence-electron chi connectivity index (χ2n) is 4.21. The van der Waals surface area contributed by atoms with E-state index < -0.39 is 0 Å². The van der Waals surface area contributed by atoms with Gasteiger partial charge in [0.1, 0.15) is 17.4 Å². The summed E-state index contributed by atoms with van der Waals surface area (Å²) in [5.74, 6) is 0.824. The van der Waals surface area contributed by atoms with Crippen LogP contribution in [0.15, 0.2) is 23.6 Å². The van der Waals surface area contributed by atoms with Crippen LogP contribution in [-0.4, -0.2) is 11.5 Å². The van der Waals surface area contributed by atoms with E-state index in [4.69, 9.17) is 16.3 Å². The van der Waals surface area contributed by atoms with Crippen LogP contribution in [0, 0.1) is 6.92 Å². The topological polar surface area (TPSA) is 34.1 Å². The molecule has 0 aliphatic rings. The van der Waals surface area contributed by atoms with E-state index in [9.17, 15) is 0 Å². The van der Waals surface area contributed by atoms with Gasteiger partial charge >= 0.3 is 0 Å². The van der Waals surface area contributed by atoms with Gasteiger partial charge in [-0.1, -0.05) is 18.5 Å². The Morgan fingerprint density at radius 1 is 1.42 bits per heavy atom. The summed E-state index contributed by atoms with van der Waals surface area (Å²) in [6, 6.07) is 5.67. The maximum Gasteiger partial charge on any atom is 0.140 e. The summed E-state index contributed by atoms with van der Waals surface area (Å²) in [4.78, 5) is 4.51. The van der Waals surface area contributed by atoms with E-state index in [0.717, 1.165) is 40.1 Å². The van der Waals surface area contributed by atoms with Crippen molar-refractivity contribution in [2.45, 2.75) is 27.0 Å². The Labute approximate surface area is 122 Å². The first-order valence-electron chi connectivity index (χ1n) is 6.22. The van der Waals surface area contributed by atoms with Crippen LogP contribution in [0.25, 0.3) is 0 Å². The van der Waals surface area contributed by atoms with Crippen molar-refractivity contribution in [3.8, 4) is 5.75 Å². The maximum atomic E-state index is 5.98. The fourth-order valence-electron chi connectivity index (χ4n) is 1.60. The summed E-state index contributed by atoms with van der Waals surface area (Å²) in [6.07, 6.45) is 0. The Hall–Kier alpha value is -1.10. The average molecular weight is 297 g/mol. The highest BCUT2D eigenvalue weighted by Gasteiger charge is 2.04. The summed E-state index contributed by atoms with van der Waals surface area (Å²) in [6.45, 7) is 6.31. The molecule has 102 valence electrons. The van der Waals surface area contributed by atoms with Gasteiger partial charge < -0.3 is 10.1 Å². The van der Waals surface area contributed by atoms with Crippen LogP contribution in [0.1, 0.15) is 23.2 Å². The van der Waals surface area contributed by atoms with Crippen LogP contribution >= 0.6 is 22.9 Å². The first-order chi connectivity index (χ1) is 9.19. The summed E-state index contributed by atoms with van der Waals surface area (Å²) in [5.41, 5.74) is 2.09. The number of ether oxygens (including phenoxy) is 1. The third-order valence-electron chi connectivity index (χ3n) is 2.65. The largest absolute Gasteiger partial charge is 0.486 e. The van der Waals surface area contributed by atoms with Crippen LogP contribution in [-0.2, 0) is 13.2 Å². The third-order valence-corrected chi connectivity index (χ3v) is 3.94. The van der Waals surface area contributed by atoms with Gasteiger partial charge in [-0.25, -0.2) is 4.98 Å². The zero-order valence-electron chi connectivity index (χ0n) is 11.1. The predicted octanol–water partition coefficient (Wildman–Crippen LogP) is 3.79. The molecule has 0 radical (unpaired) electrons. The van der Waals surface area contributed by atoms with Gasteiger partial charge in [-0.05, 0) is 37.2 Å². The van der Waals surface area contributed by atoms with Crippen molar-refractivity contribution in [3.05, 3.63) is 44.9 Å². The van der Waals surface area contributed by atoms with Crippen molar-refractivity contribution in [1.82, 2.24) is 10.3 Å². The Bertz CT molecular complexity index is 542. The molecule has 0 aliphatic carbocycles. The van der Waals surface area contributed by atoms with Crippen LogP contribution < -0.4 is 10.1 Å². The first kappa shape index (κ1) is 14.3. The standard InChI is InChI=1S/C14H17ClN2OS/c1-3-16-7-11-9-19-14(17-11)8-18-12-4-5-13(15)10(2)6-12/h4-6,9,16H,3,7-8H2,1-2H3. The minimum atomic E-state index is 0.498. The average Bonchev–Trinajstić information content (AvgIpc) is 2.86. The van der Waals surface area contributed by atoms with Crippen LogP contribution in [0.5, 0.6) is 5.75 Å². The SMILES string of the molecule is CCNCc1csc(COc2ccc(Cl)c(C)c2)n1. The van der Waals surface area contributed by atoms with Gasteiger partial charge in [0, 0.05) is 16.9 Å². The number of aromatic nitrogens is 1. The molecule has 1 aromatic heterocycles. The highest BCUT2D eigenvalue weighted by molar-refractivity contribution is 7.09. The number of thiazole rings is 1. The quantitative estimate of drug-likeness (QED) is 0.880. The minimum absolute atomic E-state index is 0.498. The summed E-state index contributed by atoms with van der Waals surface area (Å²) in [7, 11) is 0. The monoisotopic (exact) mass is 296 g/mol. The Kier molecular flexibility index (Phi) is 5.19. The number of halogens is 1. The van der Waals surface area contributed by atoms with Gasteiger partial charge in [0.05, 0.1) is 5.69 Å². The number of aryl methyl sites for hydroxylation is 1. The summed E-state index contributed by atoms with van der Waals surface area (Å²) in [5, 5.41) is 7.06. The van der Waals surface area contributed by atoms with Gasteiger partial charge in [-0.15, -0.1) is 11.3 Å². The Morgan fingerprint density at radius 3 is 3.00 bits per heavy atom. The van der Waals surface area contributed by atoms with E-state index >= 15 is 0 Å². The summed E-state index contributed by atoms with van der Waals surface area (Å²) < 4.78 is 5.71. The number of nitrogens with zero attached hydrogens (tertiary/aromatic N) is 1.